The minimum atomic E-state index is 0.377. The molecule has 0 amide bonds. The van der Waals surface area contributed by atoms with Gasteiger partial charge in [-0.2, -0.15) is 0 Å². The number of phenolic OH excluding ortho intramolecular Hbond substituents is 1. The van der Waals surface area contributed by atoms with Gasteiger partial charge in [-0.05, 0) is 54.5 Å². The molecule has 1 aromatic carbocycles. The molecule has 2 nitrogen and oxygen atoms in total. The molecule has 2 rings (SSSR count). The summed E-state index contributed by atoms with van der Waals surface area (Å²) in [6, 6.07) is 5.70. The number of hydrogen-bond donors (Lipinski definition) is 2. The fraction of sp³-hybridized carbons (Fsp3) is 0.500. The first kappa shape index (κ1) is 9.53. The summed E-state index contributed by atoms with van der Waals surface area (Å²) in [5, 5.41) is 9.37. The molecular formula is C12H17NO. The average molecular weight is 191 g/mol. The van der Waals surface area contributed by atoms with E-state index < -0.39 is 0 Å². The van der Waals surface area contributed by atoms with E-state index in [2.05, 4.69) is 6.92 Å². The summed E-state index contributed by atoms with van der Waals surface area (Å²) in [4.78, 5) is 0. The molecule has 0 heterocycles. The fourth-order valence-electron chi connectivity index (χ4n) is 2.42. The summed E-state index contributed by atoms with van der Waals surface area (Å²) in [5.41, 5.74) is 8.39. The number of hydrogen-bond acceptors (Lipinski definition) is 2. The number of aromatic hydroxyl groups is 1. The van der Waals surface area contributed by atoms with Crippen LogP contribution in [0.15, 0.2) is 18.2 Å². The minimum absolute atomic E-state index is 0.377. The van der Waals surface area contributed by atoms with Crippen molar-refractivity contribution in [1.82, 2.24) is 0 Å². The van der Waals surface area contributed by atoms with Crippen molar-refractivity contribution in [3.63, 3.8) is 0 Å². The Hall–Kier alpha value is -1.02. The lowest BCUT2D eigenvalue weighted by Crippen LogP contribution is -2.25. The molecule has 2 atom stereocenters. The van der Waals surface area contributed by atoms with Gasteiger partial charge in [0.1, 0.15) is 5.75 Å². The van der Waals surface area contributed by atoms with Crippen LogP contribution in [0.5, 0.6) is 5.75 Å². The van der Waals surface area contributed by atoms with Crippen molar-refractivity contribution in [2.24, 2.45) is 11.7 Å². The van der Waals surface area contributed by atoms with Crippen molar-refractivity contribution < 1.29 is 5.11 Å². The summed E-state index contributed by atoms with van der Waals surface area (Å²) in [7, 11) is 0. The zero-order valence-corrected chi connectivity index (χ0v) is 8.53. The third kappa shape index (κ3) is 1.50. The van der Waals surface area contributed by atoms with Crippen molar-refractivity contribution in [1.29, 1.82) is 0 Å². The van der Waals surface area contributed by atoms with Crippen molar-refractivity contribution in [2.75, 3.05) is 6.54 Å². The molecule has 1 aromatic rings. The van der Waals surface area contributed by atoms with E-state index in [4.69, 9.17) is 5.73 Å². The van der Waals surface area contributed by atoms with Gasteiger partial charge in [-0.15, -0.1) is 0 Å². The van der Waals surface area contributed by atoms with Crippen LogP contribution >= 0.6 is 0 Å². The number of aryl methyl sites for hydroxylation is 1. The van der Waals surface area contributed by atoms with Crippen LogP contribution in [-0.4, -0.2) is 11.7 Å². The summed E-state index contributed by atoms with van der Waals surface area (Å²) < 4.78 is 0. The maximum atomic E-state index is 9.37. The highest BCUT2D eigenvalue weighted by atomic mass is 16.3. The van der Waals surface area contributed by atoms with Gasteiger partial charge in [0, 0.05) is 0 Å². The van der Waals surface area contributed by atoms with Crippen molar-refractivity contribution in [3.8, 4) is 5.75 Å². The normalized spacial score (nSPS) is 25.9. The van der Waals surface area contributed by atoms with Crippen molar-refractivity contribution in [3.05, 3.63) is 29.3 Å². The number of nitrogens with two attached hydrogens (primary N) is 1. The predicted octanol–water partition coefficient (Wildman–Crippen LogP) is 2.02. The first-order chi connectivity index (χ1) is 6.72. The number of fused-ring (bicyclic) bond motifs is 1. The van der Waals surface area contributed by atoms with Crippen LogP contribution in [0.1, 0.15) is 30.4 Å². The highest BCUT2D eigenvalue weighted by Crippen LogP contribution is 2.36. The monoisotopic (exact) mass is 191 g/mol. The van der Waals surface area contributed by atoms with Crippen LogP contribution in [0, 0.1) is 5.92 Å². The summed E-state index contributed by atoms with van der Waals surface area (Å²) in [5.74, 6) is 1.51. The van der Waals surface area contributed by atoms with Crippen LogP contribution < -0.4 is 5.73 Å². The van der Waals surface area contributed by atoms with Gasteiger partial charge in [0.25, 0.3) is 0 Å². The maximum Gasteiger partial charge on any atom is 0.115 e. The van der Waals surface area contributed by atoms with Gasteiger partial charge < -0.3 is 10.8 Å². The fourth-order valence-corrected chi connectivity index (χ4v) is 2.42. The predicted molar refractivity (Wildman–Crippen MR) is 57.4 cm³/mol. The van der Waals surface area contributed by atoms with E-state index in [1.165, 1.54) is 11.1 Å². The van der Waals surface area contributed by atoms with Gasteiger partial charge >= 0.3 is 0 Å². The molecule has 3 N–H and O–H groups in total. The summed E-state index contributed by atoms with van der Waals surface area (Å²) in [6.45, 7) is 2.99. The highest BCUT2D eigenvalue weighted by molar-refractivity contribution is 5.38. The van der Waals surface area contributed by atoms with Gasteiger partial charge in [-0.1, -0.05) is 13.0 Å². The molecule has 2 heteroatoms. The molecular weight excluding hydrogens is 174 g/mol. The third-order valence-electron chi connectivity index (χ3n) is 3.41. The van der Waals surface area contributed by atoms with E-state index in [0.29, 0.717) is 17.6 Å². The Morgan fingerprint density at radius 1 is 1.50 bits per heavy atom. The first-order valence-corrected chi connectivity index (χ1v) is 5.24. The van der Waals surface area contributed by atoms with Crippen molar-refractivity contribution in [2.45, 2.75) is 25.7 Å². The smallest absolute Gasteiger partial charge is 0.115 e. The van der Waals surface area contributed by atoms with E-state index in [0.717, 1.165) is 19.4 Å². The standard InChI is InChI=1S/C12H17NO/c1-8-10(7-13)3-2-9-6-11(14)4-5-12(8)9/h4-6,8,10,14H,2-3,7,13H2,1H3. The SMILES string of the molecule is CC1c2ccc(O)cc2CCC1CN. The maximum absolute atomic E-state index is 9.37. The van der Waals surface area contributed by atoms with Gasteiger partial charge in [-0.25, -0.2) is 0 Å². The molecule has 0 saturated heterocycles. The van der Waals surface area contributed by atoms with Gasteiger partial charge in [0.05, 0.1) is 0 Å². The van der Waals surface area contributed by atoms with E-state index in [9.17, 15) is 5.11 Å². The van der Waals surface area contributed by atoms with Crippen LogP contribution in [0.3, 0.4) is 0 Å². The molecule has 0 fully saturated rings. The zero-order chi connectivity index (χ0) is 10.1. The van der Waals surface area contributed by atoms with Crippen molar-refractivity contribution >= 4 is 0 Å². The minimum Gasteiger partial charge on any atom is -0.508 e. The van der Waals surface area contributed by atoms with Gasteiger partial charge in [0.2, 0.25) is 0 Å². The lowest BCUT2D eigenvalue weighted by atomic mass is 9.76. The summed E-state index contributed by atoms with van der Waals surface area (Å²) >= 11 is 0. The quantitative estimate of drug-likeness (QED) is 0.713. The molecule has 14 heavy (non-hydrogen) atoms. The van der Waals surface area contributed by atoms with E-state index in [-0.39, 0.29) is 0 Å². The second-order valence-electron chi connectivity index (χ2n) is 4.21. The summed E-state index contributed by atoms with van der Waals surface area (Å²) in [6.07, 6.45) is 2.20. The molecule has 0 bridgehead atoms. The van der Waals surface area contributed by atoms with Crippen LogP contribution in [0.2, 0.25) is 0 Å². The second kappa shape index (κ2) is 3.62. The first-order valence-electron chi connectivity index (χ1n) is 5.24. The number of benzene rings is 1. The molecule has 0 aromatic heterocycles. The Balaban J connectivity index is 2.36. The van der Waals surface area contributed by atoms with Crippen LogP contribution in [0.4, 0.5) is 0 Å². The van der Waals surface area contributed by atoms with E-state index in [1.54, 1.807) is 6.07 Å². The molecule has 1 aliphatic carbocycles. The molecule has 1 aliphatic rings. The Bertz CT molecular complexity index is 335. The molecule has 0 saturated carbocycles. The Labute approximate surface area is 84.7 Å². The largest absolute Gasteiger partial charge is 0.508 e. The number of rotatable bonds is 1. The Morgan fingerprint density at radius 2 is 2.29 bits per heavy atom. The Kier molecular flexibility index (Phi) is 2.46. The lowest BCUT2D eigenvalue weighted by molar-refractivity contribution is 0.398. The zero-order valence-electron chi connectivity index (χ0n) is 8.53. The lowest BCUT2D eigenvalue weighted by Gasteiger charge is -2.30. The highest BCUT2D eigenvalue weighted by Gasteiger charge is 2.24. The average Bonchev–Trinajstić information content (AvgIpc) is 2.18. The van der Waals surface area contributed by atoms with Gasteiger partial charge in [0.15, 0.2) is 0 Å². The molecule has 2 unspecified atom stereocenters. The van der Waals surface area contributed by atoms with E-state index >= 15 is 0 Å². The topological polar surface area (TPSA) is 46.2 Å². The van der Waals surface area contributed by atoms with Crippen LogP contribution in [-0.2, 0) is 6.42 Å². The second-order valence-corrected chi connectivity index (χ2v) is 4.21. The van der Waals surface area contributed by atoms with Crippen LogP contribution in [0.25, 0.3) is 0 Å². The molecule has 0 spiro atoms. The molecule has 76 valence electrons. The van der Waals surface area contributed by atoms with Gasteiger partial charge in [-0.3, -0.25) is 0 Å². The molecule has 0 aliphatic heterocycles. The Morgan fingerprint density at radius 3 is 3.00 bits per heavy atom. The molecule has 0 radical (unpaired) electrons. The van der Waals surface area contributed by atoms with E-state index in [1.807, 2.05) is 12.1 Å². The number of phenols is 1. The third-order valence-corrected chi connectivity index (χ3v) is 3.41.